The number of benzene rings is 2. The van der Waals surface area contributed by atoms with Gasteiger partial charge in [0.2, 0.25) is 12.0 Å². The summed E-state index contributed by atoms with van der Waals surface area (Å²) in [7, 11) is 0. The van der Waals surface area contributed by atoms with Crippen molar-refractivity contribution in [1.29, 1.82) is 0 Å². The van der Waals surface area contributed by atoms with E-state index < -0.39 is 35.9 Å². The average Bonchev–Trinajstić information content (AvgIpc) is 3.09. The Bertz CT molecular complexity index is 1050. The third kappa shape index (κ3) is 5.14. The van der Waals surface area contributed by atoms with Gasteiger partial charge in [-0.3, -0.25) is 9.59 Å². The van der Waals surface area contributed by atoms with Gasteiger partial charge in [0.1, 0.15) is 6.61 Å². The molecule has 7 heteroatoms. The summed E-state index contributed by atoms with van der Waals surface area (Å²) >= 11 is 0. The molecular formula is C27H29NO6. The quantitative estimate of drug-likeness (QED) is 0.556. The minimum Gasteiger partial charge on any atom is -0.483 e. The zero-order valence-electron chi connectivity index (χ0n) is 19.4. The van der Waals surface area contributed by atoms with Crippen LogP contribution in [0.2, 0.25) is 0 Å². The number of fused-ring (bicyclic) bond motifs is 1. The van der Waals surface area contributed by atoms with Crippen LogP contribution in [0.1, 0.15) is 31.4 Å². The van der Waals surface area contributed by atoms with E-state index in [1.54, 1.807) is 24.8 Å². The summed E-state index contributed by atoms with van der Waals surface area (Å²) in [5, 5.41) is 0. The lowest BCUT2D eigenvalue weighted by atomic mass is 9.82. The lowest BCUT2D eigenvalue weighted by Crippen LogP contribution is -2.45. The molecule has 1 saturated heterocycles. The van der Waals surface area contributed by atoms with Crippen LogP contribution in [-0.2, 0) is 41.7 Å². The first-order chi connectivity index (χ1) is 16.5. The Morgan fingerprint density at radius 1 is 0.971 bits per heavy atom. The minimum atomic E-state index is -0.966. The maximum atomic E-state index is 13.5. The van der Waals surface area contributed by atoms with Gasteiger partial charge in [-0.25, -0.2) is 4.79 Å². The van der Waals surface area contributed by atoms with Gasteiger partial charge in [0.05, 0.1) is 30.7 Å². The lowest BCUT2D eigenvalue weighted by Gasteiger charge is -2.34. The van der Waals surface area contributed by atoms with Gasteiger partial charge < -0.3 is 19.1 Å². The molecule has 4 rings (SSSR count). The van der Waals surface area contributed by atoms with Crippen LogP contribution in [0.4, 0.5) is 0 Å². The Morgan fingerprint density at radius 2 is 1.62 bits per heavy atom. The monoisotopic (exact) mass is 463 g/mol. The number of esters is 2. The molecule has 0 radical (unpaired) electrons. The fraction of sp³-hybridized carbons (Fsp3) is 0.370. The molecule has 2 aromatic carbocycles. The van der Waals surface area contributed by atoms with Crippen molar-refractivity contribution in [2.45, 2.75) is 45.6 Å². The maximum absolute atomic E-state index is 13.5. The topological polar surface area (TPSA) is 82.1 Å². The molecule has 0 spiro atoms. The fourth-order valence-electron chi connectivity index (χ4n) is 4.73. The number of ether oxygens (including phenoxy) is 3. The summed E-state index contributed by atoms with van der Waals surface area (Å²) in [5.74, 6) is -1.72. The number of hydrogen-bond donors (Lipinski definition) is 0. The second kappa shape index (κ2) is 10.5. The van der Waals surface area contributed by atoms with Crippen molar-refractivity contribution in [1.82, 2.24) is 4.90 Å². The third-order valence-electron chi connectivity index (χ3n) is 6.24. The normalized spacial score (nSPS) is 23.5. The van der Waals surface area contributed by atoms with Crippen molar-refractivity contribution < 1.29 is 28.6 Å². The van der Waals surface area contributed by atoms with Crippen molar-refractivity contribution in [2.75, 3.05) is 6.61 Å². The molecular weight excluding hydrogens is 434 g/mol. The molecule has 1 amide bonds. The Kier molecular flexibility index (Phi) is 7.30. The second-order valence-corrected chi connectivity index (χ2v) is 8.54. The molecule has 2 aliphatic rings. The number of rotatable bonds is 8. The van der Waals surface area contributed by atoms with Crippen molar-refractivity contribution in [3.8, 4) is 0 Å². The molecule has 34 heavy (non-hydrogen) atoms. The van der Waals surface area contributed by atoms with Crippen LogP contribution < -0.4 is 0 Å². The number of carbonyl (C=O) groups is 3. The van der Waals surface area contributed by atoms with E-state index in [2.05, 4.69) is 0 Å². The van der Waals surface area contributed by atoms with Crippen LogP contribution >= 0.6 is 0 Å². The molecule has 0 aromatic heterocycles. The molecule has 0 unspecified atom stereocenters. The van der Waals surface area contributed by atoms with Crippen LogP contribution in [0.25, 0.3) is 0 Å². The molecule has 4 atom stereocenters. The van der Waals surface area contributed by atoms with Gasteiger partial charge in [0, 0.05) is 12.5 Å². The summed E-state index contributed by atoms with van der Waals surface area (Å²) < 4.78 is 16.6. The fourth-order valence-corrected chi connectivity index (χ4v) is 4.73. The molecule has 7 nitrogen and oxygen atoms in total. The highest BCUT2D eigenvalue weighted by molar-refractivity contribution is 5.88. The summed E-state index contributed by atoms with van der Waals surface area (Å²) in [6, 6.07) is 18.4. The number of allylic oxidation sites excluding steroid dienone is 1. The van der Waals surface area contributed by atoms with Gasteiger partial charge in [-0.05, 0) is 31.1 Å². The van der Waals surface area contributed by atoms with E-state index in [9.17, 15) is 14.4 Å². The molecule has 2 aromatic rings. The highest BCUT2D eigenvalue weighted by Crippen LogP contribution is 2.42. The van der Waals surface area contributed by atoms with Gasteiger partial charge >= 0.3 is 11.9 Å². The van der Waals surface area contributed by atoms with Crippen LogP contribution in [0, 0.1) is 11.8 Å². The average molecular weight is 464 g/mol. The Labute approximate surface area is 199 Å². The lowest BCUT2D eigenvalue weighted by molar-refractivity contribution is -0.161. The second-order valence-electron chi connectivity index (χ2n) is 8.54. The van der Waals surface area contributed by atoms with Gasteiger partial charge in [-0.15, -0.1) is 0 Å². The Morgan fingerprint density at radius 3 is 2.26 bits per heavy atom. The molecule has 2 heterocycles. The molecule has 0 saturated carbocycles. The van der Waals surface area contributed by atoms with Crippen LogP contribution in [0.3, 0.4) is 0 Å². The minimum absolute atomic E-state index is 0.0429. The summed E-state index contributed by atoms with van der Waals surface area (Å²) in [6.07, 6.45) is 0.737. The standard InChI is InChI=1S/C27H29NO6/c1-3-32-27(31)25-24-21(14-18(2)34-25)26(30)28(16-19-10-6-4-7-11-19)22(24)15-23(29)33-17-20-12-8-5-9-13-20/h4-14,21-22,24-25H,3,15-17H2,1-2H3/t21-,22-,24+,25-/m0/s1. The number of likely N-dealkylation sites (tertiary alicyclic amines) is 1. The van der Waals surface area contributed by atoms with E-state index >= 15 is 0 Å². The molecule has 0 N–H and O–H groups in total. The molecule has 0 aliphatic carbocycles. The molecule has 2 aliphatic heterocycles. The number of carbonyl (C=O) groups excluding carboxylic acids is 3. The van der Waals surface area contributed by atoms with Gasteiger partial charge in [0.25, 0.3) is 0 Å². The number of nitrogens with zero attached hydrogens (tertiary/aromatic N) is 1. The van der Waals surface area contributed by atoms with E-state index in [-0.39, 0.29) is 25.5 Å². The molecule has 1 fully saturated rings. The van der Waals surface area contributed by atoms with Crippen molar-refractivity contribution in [3.63, 3.8) is 0 Å². The first-order valence-corrected chi connectivity index (χ1v) is 11.5. The zero-order chi connectivity index (χ0) is 24.1. The van der Waals surface area contributed by atoms with Crippen LogP contribution in [0.15, 0.2) is 72.5 Å². The highest BCUT2D eigenvalue weighted by Gasteiger charge is 2.56. The third-order valence-corrected chi connectivity index (χ3v) is 6.24. The van der Waals surface area contributed by atoms with Crippen molar-refractivity contribution in [2.24, 2.45) is 11.8 Å². The van der Waals surface area contributed by atoms with Crippen LogP contribution in [0.5, 0.6) is 0 Å². The first kappa shape index (κ1) is 23.5. The smallest absolute Gasteiger partial charge is 0.347 e. The summed E-state index contributed by atoms with van der Waals surface area (Å²) in [6.45, 7) is 4.11. The van der Waals surface area contributed by atoms with E-state index in [4.69, 9.17) is 14.2 Å². The zero-order valence-corrected chi connectivity index (χ0v) is 19.4. The van der Waals surface area contributed by atoms with Crippen molar-refractivity contribution in [3.05, 3.63) is 83.6 Å². The number of hydrogen-bond acceptors (Lipinski definition) is 6. The first-order valence-electron chi connectivity index (χ1n) is 11.5. The maximum Gasteiger partial charge on any atom is 0.347 e. The van der Waals surface area contributed by atoms with E-state index in [0.29, 0.717) is 12.3 Å². The van der Waals surface area contributed by atoms with Gasteiger partial charge in [-0.1, -0.05) is 60.7 Å². The van der Waals surface area contributed by atoms with E-state index in [1.807, 2.05) is 60.7 Å². The number of amides is 1. The predicted molar refractivity (Wildman–Crippen MR) is 124 cm³/mol. The van der Waals surface area contributed by atoms with Gasteiger partial charge in [-0.2, -0.15) is 0 Å². The SMILES string of the molecule is CCOC(=O)[C@H]1OC(C)=C[C@@H]2C(=O)N(Cc3ccccc3)[C@@H](CC(=O)OCc3ccccc3)[C@@H]21. The largest absolute Gasteiger partial charge is 0.483 e. The molecule has 0 bridgehead atoms. The van der Waals surface area contributed by atoms with E-state index in [1.165, 1.54) is 0 Å². The predicted octanol–water partition coefficient (Wildman–Crippen LogP) is 3.63. The Hall–Kier alpha value is -3.61. The summed E-state index contributed by atoms with van der Waals surface area (Å²) in [5.41, 5.74) is 1.81. The molecule has 178 valence electrons. The highest BCUT2D eigenvalue weighted by atomic mass is 16.6. The summed E-state index contributed by atoms with van der Waals surface area (Å²) in [4.78, 5) is 40.9. The van der Waals surface area contributed by atoms with Gasteiger partial charge in [0.15, 0.2) is 0 Å². The van der Waals surface area contributed by atoms with E-state index in [0.717, 1.165) is 11.1 Å². The van der Waals surface area contributed by atoms with Crippen LogP contribution in [-0.4, -0.2) is 41.5 Å². The Balaban J connectivity index is 1.60. The van der Waals surface area contributed by atoms with Crippen molar-refractivity contribution >= 4 is 17.8 Å².